The molecule has 2 nitrogen and oxygen atoms in total. The molecule has 1 aromatic rings. The van der Waals surface area contributed by atoms with Crippen LogP contribution in [0.2, 0.25) is 0 Å². The Morgan fingerprint density at radius 3 is 3.25 bits per heavy atom. The van der Waals surface area contributed by atoms with Gasteiger partial charge in [-0.25, -0.2) is 0 Å². The van der Waals surface area contributed by atoms with Crippen LogP contribution in [-0.4, -0.2) is 16.0 Å². The lowest BCUT2D eigenvalue weighted by Crippen LogP contribution is -1.70. The molecule has 0 saturated heterocycles. The maximum Gasteiger partial charge on any atom is 0.118 e. The number of rotatable bonds is 2. The van der Waals surface area contributed by atoms with Crippen molar-refractivity contribution < 1.29 is 0 Å². The highest BCUT2D eigenvalue weighted by Gasteiger charge is 1.88. The van der Waals surface area contributed by atoms with E-state index >= 15 is 0 Å². The van der Waals surface area contributed by atoms with Gasteiger partial charge in [0.2, 0.25) is 0 Å². The van der Waals surface area contributed by atoms with E-state index in [1.807, 2.05) is 12.3 Å². The van der Waals surface area contributed by atoms with Crippen LogP contribution in [0, 0.1) is 0 Å². The molecule has 0 aromatic carbocycles. The van der Waals surface area contributed by atoms with Gasteiger partial charge in [0, 0.05) is 6.20 Å². The molecule has 1 N–H and O–H groups in total. The average molecular weight is 128 g/mol. The highest BCUT2D eigenvalue weighted by molar-refractivity contribution is 7.99. The standard InChI is InChI=1S/C5H8N2S/c1-2-8-5-3-4-6-7-5/h3-4H,2H2,1H3,(H,6,7). The fraction of sp³-hybridized carbons (Fsp3) is 0.400. The van der Waals surface area contributed by atoms with E-state index in [-0.39, 0.29) is 0 Å². The summed E-state index contributed by atoms with van der Waals surface area (Å²) in [5.41, 5.74) is 0. The number of H-pyrrole nitrogens is 1. The molecule has 0 amide bonds. The monoisotopic (exact) mass is 128 g/mol. The van der Waals surface area contributed by atoms with Crippen molar-refractivity contribution in [2.45, 2.75) is 11.9 Å². The van der Waals surface area contributed by atoms with Crippen molar-refractivity contribution in [3.8, 4) is 0 Å². The summed E-state index contributed by atoms with van der Waals surface area (Å²) in [5, 5.41) is 7.76. The van der Waals surface area contributed by atoms with Crippen LogP contribution in [0.25, 0.3) is 0 Å². The Balaban J connectivity index is 2.50. The molecule has 1 heterocycles. The minimum absolute atomic E-state index is 1.08. The first-order chi connectivity index (χ1) is 3.93. The van der Waals surface area contributed by atoms with E-state index in [1.54, 1.807) is 11.8 Å². The highest BCUT2D eigenvalue weighted by atomic mass is 32.2. The second kappa shape index (κ2) is 2.77. The van der Waals surface area contributed by atoms with Gasteiger partial charge in [0.05, 0.1) is 0 Å². The first kappa shape index (κ1) is 5.69. The Hall–Kier alpha value is -0.440. The Morgan fingerprint density at radius 2 is 2.75 bits per heavy atom. The molecule has 0 fully saturated rings. The van der Waals surface area contributed by atoms with Crippen LogP contribution in [0.3, 0.4) is 0 Å². The Bertz CT molecular complexity index is 136. The summed E-state index contributed by atoms with van der Waals surface area (Å²) < 4.78 is 0. The van der Waals surface area contributed by atoms with E-state index in [9.17, 15) is 0 Å². The third kappa shape index (κ3) is 1.26. The quantitative estimate of drug-likeness (QED) is 0.612. The van der Waals surface area contributed by atoms with Gasteiger partial charge in [0.15, 0.2) is 0 Å². The van der Waals surface area contributed by atoms with E-state index in [0.717, 1.165) is 10.8 Å². The number of hydrogen-bond donors (Lipinski definition) is 1. The summed E-state index contributed by atoms with van der Waals surface area (Å²) in [7, 11) is 0. The van der Waals surface area contributed by atoms with Gasteiger partial charge < -0.3 is 0 Å². The number of aromatic amines is 1. The summed E-state index contributed by atoms with van der Waals surface area (Å²) >= 11 is 1.74. The second-order valence-electron chi connectivity index (χ2n) is 1.35. The number of aromatic nitrogens is 2. The maximum atomic E-state index is 3.94. The molecule has 0 atom stereocenters. The Morgan fingerprint density at radius 1 is 1.88 bits per heavy atom. The zero-order valence-corrected chi connectivity index (χ0v) is 5.53. The fourth-order valence-electron chi connectivity index (χ4n) is 0.475. The van der Waals surface area contributed by atoms with Gasteiger partial charge in [-0.3, -0.25) is 5.10 Å². The molecule has 8 heavy (non-hydrogen) atoms. The van der Waals surface area contributed by atoms with Crippen molar-refractivity contribution in [3.05, 3.63) is 12.3 Å². The lowest BCUT2D eigenvalue weighted by molar-refractivity contribution is 1.00. The molecule has 1 rings (SSSR count). The van der Waals surface area contributed by atoms with Gasteiger partial charge in [-0.05, 0) is 11.8 Å². The smallest absolute Gasteiger partial charge is 0.118 e. The summed E-state index contributed by atoms with van der Waals surface area (Å²) in [4.78, 5) is 0. The predicted octanol–water partition coefficient (Wildman–Crippen LogP) is 1.52. The van der Waals surface area contributed by atoms with E-state index in [2.05, 4.69) is 17.1 Å². The SMILES string of the molecule is CCSc1cc[nH]n1. The Labute approximate surface area is 52.7 Å². The van der Waals surface area contributed by atoms with E-state index in [1.165, 1.54) is 0 Å². The third-order valence-electron chi connectivity index (χ3n) is 0.767. The van der Waals surface area contributed by atoms with Crippen LogP contribution in [-0.2, 0) is 0 Å². The van der Waals surface area contributed by atoms with Gasteiger partial charge in [-0.2, -0.15) is 5.10 Å². The van der Waals surface area contributed by atoms with Crippen molar-refractivity contribution in [2.24, 2.45) is 0 Å². The van der Waals surface area contributed by atoms with Crippen molar-refractivity contribution in [1.29, 1.82) is 0 Å². The van der Waals surface area contributed by atoms with Gasteiger partial charge >= 0.3 is 0 Å². The fourth-order valence-corrected chi connectivity index (χ4v) is 1.05. The normalized spacial score (nSPS) is 9.62. The van der Waals surface area contributed by atoms with Crippen molar-refractivity contribution in [2.75, 3.05) is 5.75 Å². The molecule has 0 bridgehead atoms. The van der Waals surface area contributed by atoms with E-state index in [4.69, 9.17) is 0 Å². The van der Waals surface area contributed by atoms with Crippen LogP contribution in [0.15, 0.2) is 17.3 Å². The van der Waals surface area contributed by atoms with Gasteiger partial charge in [0.25, 0.3) is 0 Å². The second-order valence-corrected chi connectivity index (χ2v) is 2.63. The minimum Gasteiger partial charge on any atom is -0.285 e. The van der Waals surface area contributed by atoms with E-state index < -0.39 is 0 Å². The molecule has 0 radical (unpaired) electrons. The number of hydrogen-bond acceptors (Lipinski definition) is 2. The minimum atomic E-state index is 1.08. The van der Waals surface area contributed by atoms with Crippen molar-refractivity contribution in [3.63, 3.8) is 0 Å². The van der Waals surface area contributed by atoms with Gasteiger partial charge in [0.1, 0.15) is 5.03 Å². The first-order valence-corrected chi connectivity index (χ1v) is 3.54. The molecule has 0 aliphatic heterocycles. The van der Waals surface area contributed by atoms with Gasteiger partial charge in [-0.1, -0.05) is 6.92 Å². The maximum absolute atomic E-state index is 3.94. The van der Waals surface area contributed by atoms with Crippen LogP contribution < -0.4 is 0 Å². The summed E-state index contributed by atoms with van der Waals surface area (Å²) in [6.07, 6.45) is 1.83. The third-order valence-corrected chi connectivity index (χ3v) is 1.58. The largest absolute Gasteiger partial charge is 0.285 e. The molecule has 0 unspecified atom stereocenters. The topological polar surface area (TPSA) is 28.7 Å². The van der Waals surface area contributed by atoms with Crippen molar-refractivity contribution in [1.82, 2.24) is 10.2 Å². The molecule has 0 aliphatic carbocycles. The highest BCUT2D eigenvalue weighted by Crippen LogP contribution is 2.11. The van der Waals surface area contributed by atoms with Crippen LogP contribution in [0.1, 0.15) is 6.92 Å². The first-order valence-electron chi connectivity index (χ1n) is 2.56. The molecular formula is C5H8N2S. The lowest BCUT2D eigenvalue weighted by atomic mass is 10.8. The molecule has 3 heteroatoms. The predicted molar refractivity (Wildman–Crippen MR) is 35.0 cm³/mol. The molecule has 0 spiro atoms. The summed E-state index contributed by atoms with van der Waals surface area (Å²) in [6, 6.07) is 1.97. The molecule has 44 valence electrons. The van der Waals surface area contributed by atoms with Crippen LogP contribution in [0.5, 0.6) is 0 Å². The molecule has 1 aromatic heterocycles. The molecular weight excluding hydrogens is 120 g/mol. The summed E-state index contributed by atoms with van der Waals surface area (Å²) in [5.74, 6) is 1.09. The van der Waals surface area contributed by atoms with Crippen LogP contribution in [0.4, 0.5) is 0 Å². The lowest BCUT2D eigenvalue weighted by Gasteiger charge is -1.84. The number of nitrogens with zero attached hydrogens (tertiary/aromatic N) is 1. The molecule has 0 saturated carbocycles. The number of thioether (sulfide) groups is 1. The Kier molecular flexibility index (Phi) is 1.97. The zero-order chi connectivity index (χ0) is 5.82. The van der Waals surface area contributed by atoms with Gasteiger partial charge in [-0.15, -0.1) is 11.8 Å². The van der Waals surface area contributed by atoms with E-state index in [0.29, 0.717) is 0 Å². The number of nitrogens with one attached hydrogen (secondary N) is 1. The average Bonchev–Trinajstić information content (AvgIpc) is 2.19. The summed E-state index contributed by atoms with van der Waals surface area (Å²) in [6.45, 7) is 2.11. The van der Waals surface area contributed by atoms with Crippen molar-refractivity contribution >= 4 is 11.8 Å². The molecule has 0 aliphatic rings. The van der Waals surface area contributed by atoms with Crippen LogP contribution >= 0.6 is 11.8 Å². The zero-order valence-electron chi connectivity index (χ0n) is 4.72.